The molecule has 0 aromatic rings. The van der Waals surface area contributed by atoms with Crippen molar-refractivity contribution in [3.63, 3.8) is 0 Å². The summed E-state index contributed by atoms with van der Waals surface area (Å²) in [6.07, 6.45) is 1.42. The molecular weight excluding hydrogens is 192 g/mol. The number of likely N-dealkylation sites (tertiary alicyclic amines) is 1. The number of rotatable bonds is 2. The SMILES string of the molecule is CC(=O)N1CCC(N[SH](=O)=O)CC1. The molecule has 6 heteroatoms. The third-order valence-corrected chi connectivity index (χ3v) is 2.80. The van der Waals surface area contributed by atoms with Crippen LogP contribution in [0.5, 0.6) is 0 Å². The minimum atomic E-state index is -2.51. The molecule has 1 saturated heterocycles. The van der Waals surface area contributed by atoms with Crippen LogP contribution in [-0.2, 0) is 15.7 Å². The van der Waals surface area contributed by atoms with Gasteiger partial charge in [0.2, 0.25) is 16.8 Å². The Kier molecular flexibility index (Phi) is 3.68. The molecule has 1 heterocycles. The highest BCUT2D eigenvalue weighted by atomic mass is 32.2. The molecule has 0 spiro atoms. The van der Waals surface area contributed by atoms with Gasteiger partial charge in [0.25, 0.3) is 0 Å². The molecule has 0 saturated carbocycles. The zero-order valence-electron chi connectivity index (χ0n) is 7.52. The number of nitrogens with zero attached hydrogens (tertiary/aromatic N) is 1. The monoisotopic (exact) mass is 206 g/mol. The first-order valence-corrected chi connectivity index (χ1v) is 5.43. The molecule has 13 heavy (non-hydrogen) atoms. The Morgan fingerprint density at radius 1 is 1.38 bits per heavy atom. The lowest BCUT2D eigenvalue weighted by Gasteiger charge is -2.30. The molecular formula is C7H14N2O3S. The van der Waals surface area contributed by atoms with Crippen LogP contribution < -0.4 is 4.72 Å². The second kappa shape index (κ2) is 4.57. The number of hydrogen-bond acceptors (Lipinski definition) is 3. The number of nitrogens with one attached hydrogen (secondary N) is 1. The number of thiol groups is 1. The summed E-state index contributed by atoms with van der Waals surface area (Å²) in [5, 5.41) is 0. The van der Waals surface area contributed by atoms with Gasteiger partial charge < -0.3 is 4.90 Å². The minimum Gasteiger partial charge on any atom is -0.343 e. The highest BCUT2D eigenvalue weighted by Gasteiger charge is 2.20. The summed E-state index contributed by atoms with van der Waals surface area (Å²) >= 11 is 0. The Balaban J connectivity index is 2.34. The predicted octanol–water partition coefficient (Wildman–Crippen LogP) is -0.887. The number of amides is 1. The van der Waals surface area contributed by atoms with Crippen molar-refractivity contribution in [3.05, 3.63) is 0 Å². The molecule has 0 aromatic heterocycles. The average molecular weight is 206 g/mol. The van der Waals surface area contributed by atoms with Gasteiger partial charge in [0.1, 0.15) is 0 Å². The quantitative estimate of drug-likeness (QED) is 0.576. The van der Waals surface area contributed by atoms with Crippen LogP contribution in [0.25, 0.3) is 0 Å². The summed E-state index contributed by atoms with van der Waals surface area (Å²) in [5.41, 5.74) is 0. The first-order valence-electron chi connectivity index (χ1n) is 4.25. The van der Waals surface area contributed by atoms with E-state index in [0.29, 0.717) is 25.9 Å². The van der Waals surface area contributed by atoms with E-state index in [2.05, 4.69) is 4.72 Å². The van der Waals surface area contributed by atoms with Crippen LogP contribution in [0.1, 0.15) is 19.8 Å². The van der Waals surface area contributed by atoms with E-state index in [4.69, 9.17) is 0 Å². The molecule has 5 nitrogen and oxygen atoms in total. The van der Waals surface area contributed by atoms with Crippen LogP contribution in [-0.4, -0.2) is 38.4 Å². The second-order valence-electron chi connectivity index (χ2n) is 3.17. The zero-order valence-corrected chi connectivity index (χ0v) is 8.42. The number of hydrogen-bond donors (Lipinski definition) is 2. The molecule has 1 N–H and O–H groups in total. The zero-order chi connectivity index (χ0) is 9.84. The molecule has 0 bridgehead atoms. The van der Waals surface area contributed by atoms with Crippen molar-refractivity contribution < 1.29 is 13.2 Å². The summed E-state index contributed by atoms with van der Waals surface area (Å²) in [4.78, 5) is 12.6. The van der Waals surface area contributed by atoms with Crippen molar-refractivity contribution in [1.29, 1.82) is 0 Å². The molecule has 0 aliphatic carbocycles. The minimum absolute atomic E-state index is 0.0108. The molecule has 76 valence electrons. The lowest BCUT2D eigenvalue weighted by molar-refractivity contribution is -0.129. The summed E-state index contributed by atoms with van der Waals surface area (Å²) in [6.45, 7) is 2.83. The van der Waals surface area contributed by atoms with E-state index in [-0.39, 0.29) is 11.9 Å². The summed E-state index contributed by atoms with van der Waals surface area (Å²) in [7, 11) is -2.51. The lowest BCUT2D eigenvalue weighted by Crippen LogP contribution is -2.43. The molecule has 1 aliphatic rings. The first-order chi connectivity index (χ1) is 6.09. The highest BCUT2D eigenvalue weighted by molar-refractivity contribution is 7.70. The topological polar surface area (TPSA) is 66.5 Å². The van der Waals surface area contributed by atoms with E-state index >= 15 is 0 Å². The Bertz CT molecular complexity index is 248. The Labute approximate surface area is 79.2 Å². The van der Waals surface area contributed by atoms with Crippen LogP contribution in [0.3, 0.4) is 0 Å². The maximum absolute atomic E-state index is 10.9. The molecule has 1 rings (SSSR count). The summed E-state index contributed by atoms with van der Waals surface area (Å²) in [5.74, 6) is 0.0601. The number of carbonyl (C=O) groups is 1. The molecule has 0 atom stereocenters. The largest absolute Gasteiger partial charge is 0.343 e. The second-order valence-corrected chi connectivity index (χ2v) is 3.94. The van der Waals surface area contributed by atoms with Crippen molar-refractivity contribution in [2.75, 3.05) is 13.1 Å². The van der Waals surface area contributed by atoms with Gasteiger partial charge in [-0.25, -0.2) is 13.1 Å². The van der Waals surface area contributed by atoms with Gasteiger partial charge in [-0.1, -0.05) is 0 Å². The van der Waals surface area contributed by atoms with Crippen LogP contribution in [0, 0.1) is 0 Å². The fourth-order valence-corrected chi connectivity index (χ4v) is 2.03. The van der Waals surface area contributed by atoms with Gasteiger partial charge in [-0.2, -0.15) is 0 Å². The highest BCUT2D eigenvalue weighted by Crippen LogP contribution is 2.09. The normalized spacial score (nSPS) is 19.4. The van der Waals surface area contributed by atoms with Gasteiger partial charge in [0.05, 0.1) is 0 Å². The van der Waals surface area contributed by atoms with Crippen molar-refractivity contribution in [3.8, 4) is 0 Å². The van der Waals surface area contributed by atoms with Crippen molar-refractivity contribution >= 4 is 16.8 Å². The Morgan fingerprint density at radius 2 is 1.92 bits per heavy atom. The van der Waals surface area contributed by atoms with Gasteiger partial charge in [-0.3, -0.25) is 4.79 Å². The average Bonchev–Trinajstić information content (AvgIpc) is 2.04. The van der Waals surface area contributed by atoms with Crippen LogP contribution in [0.15, 0.2) is 0 Å². The number of carbonyl (C=O) groups excluding carboxylic acids is 1. The van der Waals surface area contributed by atoms with E-state index in [9.17, 15) is 13.2 Å². The summed E-state index contributed by atoms with van der Waals surface area (Å²) in [6, 6.07) is 0.0108. The first kappa shape index (κ1) is 10.5. The predicted molar refractivity (Wildman–Crippen MR) is 48.7 cm³/mol. The fourth-order valence-electron chi connectivity index (χ4n) is 1.47. The van der Waals surface area contributed by atoms with Gasteiger partial charge in [0, 0.05) is 26.1 Å². The fraction of sp³-hybridized carbons (Fsp3) is 0.857. The Hall–Kier alpha value is -0.620. The van der Waals surface area contributed by atoms with Gasteiger partial charge in [-0.05, 0) is 12.8 Å². The number of piperidine rings is 1. The molecule has 1 amide bonds. The van der Waals surface area contributed by atoms with Crippen molar-refractivity contribution in [2.24, 2.45) is 0 Å². The molecule has 0 unspecified atom stereocenters. The maximum atomic E-state index is 10.9. The van der Waals surface area contributed by atoms with Crippen LogP contribution in [0.2, 0.25) is 0 Å². The maximum Gasteiger partial charge on any atom is 0.219 e. The van der Waals surface area contributed by atoms with Crippen LogP contribution in [0.4, 0.5) is 0 Å². The van der Waals surface area contributed by atoms with Gasteiger partial charge in [-0.15, -0.1) is 0 Å². The Morgan fingerprint density at radius 3 is 2.31 bits per heavy atom. The third-order valence-electron chi connectivity index (χ3n) is 2.23. The lowest BCUT2D eigenvalue weighted by atomic mass is 10.1. The van der Waals surface area contributed by atoms with E-state index in [0.717, 1.165) is 0 Å². The standard InChI is InChI=1S/C7H14N2O3S/c1-6(10)9-4-2-7(3-5-9)8-13(11)12/h7,13H,2-5H2,1H3,(H,8,11,12). The van der Waals surface area contributed by atoms with E-state index in [1.165, 1.54) is 6.92 Å². The summed E-state index contributed by atoms with van der Waals surface area (Å²) < 4.78 is 23.1. The van der Waals surface area contributed by atoms with E-state index < -0.39 is 10.9 Å². The molecule has 1 aliphatic heterocycles. The van der Waals surface area contributed by atoms with Gasteiger partial charge in [0.15, 0.2) is 0 Å². The van der Waals surface area contributed by atoms with Crippen molar-refractivity contribution in [1.82, 2.24) is 9.62 Å². The van der Waals surface area contributed by atoms with E-state index in [1.54, 1.807) is 4.90 Å². The smallest absolute Gasteiger partial charge is 0.219 e. The van der Waals surface area contributed by atoms with Crippen LogP contribution >= 0.6 is 0 Å². The molecule has 1 fully saturated rings. The molecule has 0 radical (unpaired) electrons. The van der Waals surface area contributed by atoms with Gasteiger partial charge >= 0.3 is 0 Å². The molecule has 0 aromatic carbocycles. The third kappa shape index (κ3) is 3.31. The van der Waals surface area contributed by atoms with Crippen molar-refractivity contribution in [2.45, 2.75) is 25.8 Å². The van der Waals surface area contributed by atoms with E-state index in [1.807, 2.05) is 0 Å².